The topological polar surface area (TPSA) is 105 Å². The van der Waals surface area contributed by atoms with E-state index in [1.54, 1.807) is 43.0 Å². The fraction of sp³-hybridized carbons (Fsp3) is 0.538. The molecular weight excluding hydrogens is 502 g/mol. The second kappa shape index (κ2) is 9.64. The number of hydrogen-bond acceptors (Lipinski definition) is 7. The highest BCUT2D eigenvalue weighted by Crippen LogP contribution is 2.52. The van der Waals surface area contributed by atoms with Gasteiger partial charge in [0.1, 0.15) is 16.9 Å². The molecule has 5 rings (SSSR count). The smallest absolute Gasteiger partial charge is 0.221 e. The number of hydrazine groups is 1. The number of sulfonamides is 1. The maximum Gasteiger partial charge on any atom is 0.221 e. The molecule has 0 bridgehead atoms. The van der Waals surface area contributed by atoms with Crippen molar-refractivity contribution in [1.82, 2.24) is 20.1 Å². The molecular formula is C26H34F2N4O4S. The van der Waals surface area contributed by atoms with Crippen LogP contribution in [0.25, 0.3) is 0 Å². The molecule has 4 N–H and O–H groups in total. The maximum absolute atomic E-state index is 15.6. The largest absolute Gasteiger partial charge is 0.390 e. The third-order valence-corrected chi connectivity index (χ3v) is 10.4. The molecule has 202 valence electrons. The Bertz CT molecular complexity index is 1250. The van der Waals surface area contributed by atoms with Gasteiger partial charge in [0, 0.05) is 30.1 Å². The Hall–Kier alpha value is -1.99. The Morgan fingerprint density at radius 2 is 1.81 bits per heavy atom. The van der Waals surface area contributed by atoms with Crippen LogP contribution in [0, 0.1) is 11.6 Å². The van der Waals surface area contributed by atoms with Crippen molar-refractivity contribution in [1.29, 1.82) is 0 Å². The van der Waals surface area contributed by atoms with Crippen LogP contribution in [0.1, 0.15) is 61.5 Å². The molecule has 2 aliphatic heterocycles. The molecule has 8 nitrogen and oxygen atoms in total. The molecule has 3 fully saturated rings. The fourth-order valence-corrected chi connectivity index (χ4v) is 8.56. The summed E-state index contributed by atoms with van der Waals surface area (Å²) in [6, 6.07) is 10.8. The summed E-state index contributed by atoms with van der Waals surface area (Å²) >= 11 is 0. The summed E-state index contributed by atoms with van der Waals surface area (Å²) in [5, 5.41) is 19.9. The lowest BCUT2D eigenvalue weighted by Crippen LogP contribution is -2.59. The SMILES string of the molecule is C[C@H]1CC[C@H](c2ccccc2)S(=O)(=O)N1Cc1cc(F)c(C2(CN3CNNC3O)CC(C)(O)C2)cc1F. The molecule has 0 radical (unpaired) electrons. The zero-order chi connectivity index (χ0) is 26.6. The number of rotatable bonds is 6. The molecule has 2 heterocycles. The number of hydrogen-bond donors (Lipinski definition) is 4. The van der Waals surface area contributed by atoms with Crippen LogP contribution in [0.4, 0.5) is 8.78 Å². The highest BCUT2D eigenvalue weighted by Gasteiger charge is 2.54. The van der Waals surface area contributed by atoms with E-state index < -0.39 is 44.3 Å². The molecule has 3 aliphatic rings. The molecule has 0 aromatic heterocycles. The predicted octanol–water partition coefficient (Wildman–Crippen LogP) is 2.45. The van der Waals surface area contributed by atoms with Gasteiger partial charge in [0.2, 0.25) is 10.0 Å². The van der Waals surface area contributed by atoms with Crippen molar-refractivity contribution >= 4 is 10.0 Å². The minimum atomic E-state index is -3.80. The van der Waals surface area contributed by atoms with Gasteiger partial charge in [-0.3, -0.25) is 0 Å². The van der Waals surface area contributed by atoms with Crippen molar-refractivity contribution in [3.63, 3.8) is 0 Å². The molecule has 1 saturated carbocycles. The van der Waals surface area contributed by atoms with Gasteiger partial charge in [-0.1, -0.05) is 30.3 Å². The van der Waals surface area contributed by atoms with Crippen LogP contribution < -0.4 is 10.9 Å². The number of aliphatic hydroxyl groups is 2. The third-order valence-electron chi connectivity index (χ3n) is 8.03. The summed E-state index contributed by atoms with van der Waals surface area (Å²) in [7, 11) is -3.80. The van der Waals surface area contributed by atoms with Crippen molar-refractivity contribution in [3.05, 3.63) is 70.8 Å². The van der Waals surface area contributed by atoms with E-state index in [4.69, 9.17) is 0 Å². The van der Waals surface area contributed by atoms with Crippen LogP contribution in [-0.2, 0) is 22.0 Å². The summed E-state index contributed by atoms with van der Waals surface area (Å²) in [6.07, 6.45) is 0.496. The summed E-state index contributed by atoms with van der Waals surface area (Å²) in [6.45, 7) is 3.68. The Balaban J connectivity index is 1.44. The molecule has 37 heavy (non-hydrogen) atoms. The Labute approximate surface area is 216 Å². The van der Waals surface area contributed by atoms with Crippen molar-refractivity contribution in [2.45, 2.75) is 74.7 Å². The molecule has 0 spiro atoms. The first kappa shape index (κ1) is 26.6. The lowest BCUT2D eigenvalue weighted by molar-refractivity contribution is -0.100. The van der Waals surface area contributed by atoms with E-state index in [2.05, 4.69) is 10.9 Å². The first-order chi connectivity index (χ1) is 17.4. The summed E-state index contributed by atoms with van der Waals surface area (Å²) in [4.78, 5) is 1.65. The van der Waals surface area contributed by atoms with Crippen LogP contribution in [0.2, 0.25) is 0 Å². The van der Waals surface area contributed by atoms with Gasteiger partial charge in [0.15, 0.2) is 6.35 Å². The summed E-state index contributed by atoms with van der Waals surface area (Å²) in [5.41, 5.74) is 4.31. The van der Waals surface area contributed by atoms with Gasteiger partial charge in [-0.2, -0.15) is 4.31 Å². The minimum absolute atomic E-state index is 0.0313. The van der Waals surface area contributed by atoms with Crippen molar-refractivity contribution in [2.24, 2.45) is 0 Å². The van der Waals surface area contributed by atoms with E-state index in [1.807, 2.05) is 6.07 Å². The first-order valence-electron chi connectivity index (χ1n) is 12.6. The van der Waals surface area contributed by atoms with E-state index in [0.717, 1.165) is 12.1 Å². The van der Waals surface area contributed by atoms with Crippen LogP contribution in [0.5, 0.6) is 0 Å². The second-order valence-corrected chi connectivity index (χ2v) is 13.1. The van der Waals surface area contributed by atoms with E-state index in [0.29, 0.717) is 25.1 Å². The van der Waals surface area contributed by atoms with Gasteiger partial charge < -0.3 is 10.2 Å². The number of aliphatic hydroxyl groups excluding tert-OH is 1. The zero-order valence-electron chi connectivity index (χ0n) is 21.0. The zero-order valence-corrected chi connectivity index (χ0v) is 21.8. The van der Waals surface area contributed by atoms with Crippen molar-refractivity contribution in [2.75, 3.05) is 13.2 Å². The number of nitrogens with zero attached hydrogens (tertiary/aromatic N) is 2. The fourth-order valence-electron chi connectivity index (χ4n) is 6.38. The van der Waals surface area contributed by atoms with Gasteiger partial charge in [-0.05, 0) is 62.8 Å². The molecule has 1 unspecified atom stereocenters. The number of nitrogens with one attached hydrogen (secondary N) is 2. The normalized spacial score (nSPS) is 34.4. The molecule has 2 aromatic carbocycles. The van der Waals surface area contributed by atoms with Crippen molar-refractivity contribution in [3.8, 4) is 0 Å². The molecule has 2 aromatic rings. The number of benzene rings is 2. The average Bonchev–Trinajstić information content (AvgIpc) is 3.21. The van der Waals surface area contributed by atoms with Gasteiger partial charge in [-0.15, -0.1) is 0 Å². The first-order valence-corrected chi connectivity index (χ1v) is 14.1. The molecule has 1 aliphatic carbocycles. The van der Waals surface area contributed by atoms with Crippen LogP contribution in [-0.4, -0.2) is 59.0 Å². The highest BCUT2D eigenvalue weighted by molar-refractivity contribution is 7.89. The monoisotopic (exact) mass is 536 g/mol. The van der Waals surface area contributed by atoms with E-state index in [-0.39, 0.29) is 43.1 Å². The van der Waals surface area contributed by atoms with Gasteiger partial charge in [0.25, 0.3) is 0 Å². The summed E-state index contributed by atoms with van der Waals surface area (Å²) < 4.78 is 59.5. The van der Waals surface area contributed by atoms with E-state index >= 15 is 8.78 Å². The van der Waals surface area contributed by atoms with Crippen molar-refractivity contribution < 1.29 is 27.4 Å². The average molecular weight is 537 g/mol. The standard InChI is InChI=1S/C26H34F2N4O4S/c1-17-8-9-23(18-6-4-3-5-7-18)37(35,36)32(17)12-19-10-22(28)20(11-21(19)27)26(13-25(2,34)14-26)15-31-16-29-30-24(31)33/h3-7,10-11,17,23-24,29-30,33-34H,8-9,12-16H2,1-2H3/t17-,23+,24?,25?,26?/m0/s1. The van der Waals surface area contributed by atoms with Crippen LogP contribution in [0.3, 0.4) is 0 Å². The van der Waals surface area contributed by atoms with E-state index in [1.165, 1.54) is 4.31 Å². The van der Waals surface area contributed by atoms with Gasteiger partial charge in [-0.25, -0.2) is 33.0 Å². The minimum Gasteiger partial charge on any atom is -0.390 e. The lowest BCUT2D eigenvalue weighted by Gasteiger charge is -2.53. The Kier molecular flexibility index (Phi) is 6.93. The predicted molar refractivity (Wildman–Crippen MR) is 134 cm³/mol. The van der Waals surface area contributed by atoms with E-state index in [9.17, 15) is 18.6 Å². The number of halogens is 2. The maximum atomic E-state index is 15.6. The summed E-state index contributed by atoms with van der Waals surface area (Å²) in [5.74, 6) is -1.34. The Morgan fingerprint density at radius 1 is 1.11 bits per heavy atom. The third kappa shape index (κ3) is 4.94. The second-order valence-electron chi connectivity index (χ2n) is 11.1. The lowest BCUT2D eigenvalue weighted by atomic mass is 9.56. The Morgan fingerprint density at radius 3 is 2.43 bits per heavy atom. The van der Waals surface area contributed by atoms with Gasteiger partial charge >= 0.3 is 0 Å². The van der Waals surface area contributed by atoms with Crippen LogP contribution in [0.15, 0.2) is 42.5 Å². The molecule has 2 saturated heterocycles. The molecule has 3 atom stereocenters. The van der Waals surface area contributed by atoms with Crippen LogP contribution >= 0.6 is 0 Å². The quantitative estimate of drug-likeness (QED) is 0.450. The molecule has 0 amide bonds. The van der Waals surface area contributed by atoms with Gasteiger partial charge in [0.05, 0.1) is 12.3 Å². The highest BCUT2D eigenvalue weighted by atomic mass is 32.2. The molecule has 11 heteroatoms.